The number of aliphatic carboxylic acids is 1. The highest BCUT2D eigenvalue weighted by Gasteiger charge is 2.26. The van der Waals surface area contributed by atoms with Crippen molar-refractivity contribution in [3.8, 4) is 5.75 Å². The third kappa shape index (κ3) is 3.82. The van der Waals surface area contributed by atoms with Crippen molar-refractivity contribution in [1.82, 2.24) is 4.98 Å². The first-order valence-corrected chi connectivity index (χ1v) is 7.59. The highest BCUT2D eigenvalue weighted by molar-refractivity contribution is 7.09. The van der Waals surface area contributed by atoms with Gasteiger partial charge in [0, 0.05) is 10.8 Å². The first kappa shape index (κ1) is 15.5. The molecule has 2 rings (SSSR count). The van der Waals surface area contributed by atoms with E-state index in [0.29, 0.717) is 5.69 Å². The van der Waals surface area contributed by atoms with E-state index in [1.54, 1.807) is 7.11 Å². The second-order valence-corrected chi connectivity index (χ2v) is 6.45. The molecule has 1 N–H and O–H groups in total. The lowest BCUT2D eigenvalue weighted by Gasteiger charge is -2.23. The second kappa shape index (κ2) is 6.26. The Hall–Kier alpha value is -1.88. The van der Waals surface area contributed by atoms with Crippen LogP contribution >= 0.6 is 11.3 Å². The van der Waals surface area contributed by atoms with Crippen LogP contribution in [0, 0.1) is 0 Å². The molecule has 0 atom stereocenters. The van der Waals surface area contributed by atoms with E-state index in [4.69, 9.17) is 9.84 Å². The summed E-state index contributed by atoms with van der Waals surface area (Å²) >= 11 is 1.52. The van der Waals surface area contributed by atoms with Crippen LogP contribution in [-0.2, 0) is 23.1 Å². The van der Waals surface area contributed by atoms with Gasteiger partial charge in [0.25, 0.3) is 0 Å². The minimum absolute atomic E-state index is 0.0265. The molecule has 0 aliphatic heterocycles. The van der Waals surface area contributed by atoms with Crippen molar-refractivity contribution in [1.29, 1.82) is 0 Å². The fourth-order valence-corrected chi connectivity index (χ4v) is 3.20. The van der Waals surface area contributed by atoms with Crippen molar-refractivity contribution in [3.05, 3.63) is 45.9 Å². The molecule has 0 aliphatic carbocycles. The highest BCUT2D eigenvalue weighted by atomic mass is 32.1. The minimum Gasteiger partial charge on any atom is -0.496 e. The summed E-state index contributed by atoms with van der Waals surface area (Å²) in [6.45, 7) is 4.23. The summed E-state index contributed by atoms with van der Waals surface area (Å²) in [4.78, 5) is 15.2. The van der Waals surface area contributed by atoms with E-state index in [1.165, 1.54) is 11.3 Å². The molecular formula is C16H19NO3S. The van der Waals surface area contributed by atoms with E-state index in [9.17, 15) is 4.79 Å². The molecule has 0 spiro atoms. The van der Waals surface area contributed by atoms with Crippen molar-refractivity contribution >= 4 is 17.3 Å². The smallest absolute Gasteiger partial charge is 0.309 e. The predicted octanol–water partition coefficient (Wildman–Crippen LogP) is 3.30. The Morgan fingerprint density at radius 3 is 2.76 bits per heavy atom. The zero-order chi connectivity index (χ0) is 15.5. The second-order valence-electron chi connectivity index (χ2n) is 5.59. The maximum Gasteiger partial charge on any atom is 0.309 e. The van der Waals surface area contributed by atoms with Gasteiger partial charge in [-0.15, -0.1) is 11.3 Å². The topological polar surface area (TPSA) is 59.4 Å². The van der Waals surface area contributed by atoms with E-state index in [0.717, 1.165) is 22.7 Å². The van der Waals surface area contributed by atoms with Crippen LogP contribution in [0.5, 0.6) is 5.75 Å². The van der Waals surface area contributed by atoms with Crippen LogP contribution in [0.4, 0.5) is 0 Å². The molecule has 112 valence electrons. The van der Waals surface area contributed by atoms with Crippen LogP contribution < -0.4 is 4.74 Å². The number of para-hydroxylation sites is 1. The quantitative estimate of drug-likeness (QED) is 0.889. The molecule has 2 aromatic rings. The third-order valence-corrected chi connectivity index (χ3v) is 4.55. The van der Waals surface area contributed by atoms with Crippen LogP contribution in [-0.4, -0.2) is 23.2 Å². The van der Waals surface area contributed by atoms with Crippen molar-refractivity contribution < 1.29 is 14.6 Å². The normalized spacial score (nSPS) is 11.4. The van der Waals surface area contributed by atoms with E-state index in [2.05, 4.69) is 18.8 Å². The molecule has 1 aromatic carbocycles. The standard InChI is InChI=1S/C16H19NO3S/c1-16(2,9-11-6-4-5-7-13(11)20-3)15-17-12(10-21-15)8-14(18)19/h4-7,10H,8-9H2,1-3H3,(H,18,19). The molecule has 0 saturated carbocycles. The Morgan fingerprint density at radius 1 is 1.38 bits per heavy atom. The lowest BCUT2D eigenvalue weighted by Crippen LogP contribution is -2.21. The Morgan fingerprint density at radius 2 is 2.10 bits per heavy atom. The van der Waals surface area contributed by atoms with Crippen molar-refractivity contribution in [2.75, 3.05) is 7.11 Å². The number of benzene rings is 1. The van der Waals surface area contributed by atoms with Crippen LogP contribution in [0.3, 0.4) is 0 Å². The van der Waals surface area contributed by atoms with E-state index < -0.39 is 5.97 Å². The average Bonchev–Trinajstić information content (AvgIpc) is 2.87. The predicted molar refractivity (Wildman–Crippen MR) is 83.2 cm³/mol. The summed E-state index contributed by atoms with van der Waals surface area (Å²) in [6, 6.07) is 7.94. The van der Waals surface area contributed by atoms with Gasteiger partial charge in [-0.3, -0.25) is 4.79 Å². The van der Waals surface area contributed by atoms with Gasteiger partial charge in [0.1, 0.15) is 5.75 Å². The minimum atomic E-state index is -0.852. The maximum atomic E-state index is 10.8. The van der Waals surface area contributed by atoms with E-state index in [1.807, 2.05) is 29.6 Å². The SMILES string of the molecule is COc1ccccc1CC(C)(C)c1nc(CC(=O)O)cs1. The Kier molecular flexibility index (Phi) is 4.63. The van der Waals surface area contributed by atoms with Gasteiger partial charge in [0.05, 0.1) is 24.2 Å². The number of carboxylic acid groups (broad SMARTS) is 1. The van der Waals surface area contributed by atoms with E-state index in [-0.39, 0.29) is 11.8 Å². The molecule has 0 aliphatic rings. The zero-order valence-corrected chi connectivity index (χ0v) is 13.2. The molecule has 0 radical (unpaired) electrons. The zero-order valence-electron chi connectivity index (χ0n) is 12.4. The number of rotatable bonds is 6. The molecule has 1 heterocycles. The number of carboxylic acids is 1. The Labute approximate surface area is 128 Å². The van der Waals surface area contributed by atoms with Crippen molar-refractivity contribution in [2.45, 2.75) is 32.1 Å². The fraction of sp³-hybridized carbons (Fsp3) is 0.375. The summed E-state index contributed by atoms with van der Waals surface area (Å²) < 4.78 is 5.39. The third-order valence-electron chi connectivity index (χ3n) is 3.29. The molecule has 5 heteroatoms. The Balaban J connectivity index is 2.21. The number of aromatic nitrogens is 1. The van der Waals surface area contributed by atoms with Gasteiger partial charge in [-0.25, -0.2) is 4.98 Å². The maximum absolute atomic E-state index is 10.8. The summed E-state index contributed by atoms with van der Waals surface area (Å²) in [5, 5.41) is 11.6. The fourth-order valence-electron chi connectivity index (χ4n) is 2.25. The van der Waals surface area contributed by atoms with Crippen LogP contribution in [0.2, 0.25) is 0 Å². The first-order valence-electron chi connectivity index (χ1n) is 6.71. The molecule has 0 unspecified atom stereocenters. The molecular weight excluding hydrogens is 286 g/mol. The summed E-state index contributed by atoms with van der Waals surface area (Å²) in [5.74, 6) is 0.0160. The monoisotopic (exact) mass is 305 g/mol. The molecule has 0 fully saturated rings. The Bertz CT molecular complexity index is 634. The number of hydrogen-bond acceptors (Lipinski definition) is 4. The summed E-state index contributed by atoms with van der Waals surface area (Å²) in [5.41, 5.74) is 1.58. The largest absolute Gasteiger partial charge is 0.496 e. The van der Waals surface area contributed by atoms with Gasteiger partial charge in [-0.1, -0.05) is 32.0 Å². The van der Waals surface area contributed by atoms with Gasteiger partial charge < -0.3 is 9.84 Å². The van der Waals surface area contributed by atoms with Gasteiger partial charge in [-0.2, -0.15) is 0 Å². The van der Waals surface area contributed by atoms with Crippen molar-refractivity contribution in [2.24, 2.45) is 0 Å². The van der Waals surface area contributed by atoms with Crippen LogP contribution in [0.15, 0.2) is 29.6 Å². The van der Waals surface area contributed by atoms with Crippen molar-refractivity contribution in [3.63, 3.8) is 0 Å². The van der Waals surface area contributed by atoms with Gasteiger partial charge in [-0.05, 0) is 18.1 Å². The van der Waals surface area contributed by atoms with Crippen LogP contribution in [0.25, 0.3) is 0 Å². The highest BCUT2D eigenvalue weighted by Crippen LogP contribution is 2.33. The molecule has 4 nitrogen and oxygen atoms in total. The lowest BCUT2D eigenvalue weighted by molar-refractivity contribution is -0.136. The van der Waals surface area contributed by atoms with Gasteiger partial charge in [0.15, 0.2) is 0 Å². The first-order chi connectivity index (χ1) is 9.92. The number of ether oxygens (including phenoxy) is 1. The number of thiazole rings is 1. The number of carbonyl (C=O) groups is 1. The van der Waals surface area contributed by atoms with Gasteiger partial charge >= 0.3 is 5.97 Å². The molecule has 1 aromatic heterocycles. The number of hydrogen-bond donors (Lipinski definition) is 1. The summed E-state index contributed by atoms with van der Waals surface area (Å²) in [6.07, 6.45) is 0.762. The molecule has 0 saturated heterocycles. The van der Waals surface area contributed by atoms with Crippen LogP contribution in [0.1, 0.15) is 30.1 Å². The van der Waals surface area contributed by atoms with Gasteiger partial charge in [0.2, 0.25) is 0 Å². The molecule has 21 heavy (non-hydrogen) atoms. The lowest BCUT2D eigenvalue weighted by atomic mass is 9.86. The molecule has 0 amide bonds. The number of nitrogens with zero attached hydrogens (tertiary/aromatic N) is 1. The average molecular weight is 305 g/mol. The molecule has 0 bridgehead atoms. The van der Waals surface area contributed by atoms with E-state index >= 15 is 0 Å². The number of methoxy groups -OCH3 is 1. The summed E-state index contributed by atoms with van der Waals surface area (Å²) in [7, 11) is 1.67.